The molecule has 35 heavy (non-hydrogen) atoms. The number of benzene rings is 3. The third-order valence-electron chi connectivity index (χ3n) is 5.48. The van der Waals surface area contributed by atoms with Crippen molar-refractivity contribution >= 4 is 34.6 Å². The summed E-state index contributed by atoms with van der Waals surface area (Å²) in [6.07, 6.45) is 2.66. The maximum atomic E-state index is 13.5. The highest BCUT2D eigenvalue weighted by Crippen LogP contribution is 2.36. The van der Waals surface area contributed by atoms with E-state index in [0.29, 0.717) is 41.3 Å². The number of aliphatic imine (C=N–C) groups is 1. The zero-order valence-corrected chi connectivity index (χ0v) is 21.2. The molecule has 180 valence electrons. The number of ether oxygens (including phenoxy) is 2. The van der Waals surface area contributed by atoms with Gasteiger partial charge < -0.3 is 9.47 Å². The van der Waals surface area contributed by atoms with Crippen LogP contribution in [0.3, 0.4) is 0 Å². The molecule has 3 aromatic carbocycles. The average Bonchev–Trinajstić information content (AvgIpc) is 3.15. The lowest BCUT2D eigenvalue weighted by atomic mass is 10.1. The van der Waals surface area contributed by atoms with Gasteiger partial charge in [-0.2, -0.15) is 0 Å². The van der Waals surface area contributed by atoms with Crippen molar-refractivity contribution in [1.29, 1.82) is 0 Å². The van der Waals surface area contributed by atoms with Crippen LogP contribution in [-0.4, -0.2) is 35.7 Å². The first-order chi connectivity index (χ1) is 17.1. The SMILES string of the molecule is CCOc1ccc(/C=C2/SC(=Nc3ccc(C)cc3)N(CCc3ccccc3)C2=O)cc1OCC. The molecule has 1 amide bonds. The Morgan fingerprint density at radius 3 is 2.34 bits per heavy atom. The number of thioether (sulfide) groups is 1. The smallest absolute Gasteiger partial charge is 0.266 e. The fourth-order valence-corrected chi connectivity index (χ4v) is 4.74. The summed E-state index contributed by atoms with van der Waals surface area (Å²) in [6, 6.07) is 24.0. The third-order valence-corrected chi connectivity index (χ3v) is 6.49. The van der Waals surface area contributed by atoms with Crippen molar-refractivity contribution in [3.05, 3.63) is 94.4 Å². The summed E-state index contributed by atoms with van der Waals surface area (Å²) in [4.78, 5) is 20.7. The summed E-state index contributed by atoms with van der Waals surface area (Å²) in [6.45, 7) is 7.59. The molecule has 0 aromatic heterocycles. The van der Waals surface area contributed by atoms with Crippen LogP contribution in [0.4, 0.5) is 5.69 Å². The highest BCUT2D eigenvalue weighted by Gasteiger charge is 2.33. The molecule has 1 saturated heterocycles. The Labute approximate surface area is 211 Å². The molecule has 1 fully saturated rings. The van der Waals surface area contributed by atoms with E-state index in [1.54, 1.807) is 4.90 Å². The second-order valence-electron chi connectivity index (χ2n) is 8.11. The third kappa shape index (κ3) is 6.34. The molecule has 0 bridgehead atoms. The van der Waals surface area contributed by atoms with Crippen LogP contribution in [0.1, 0.15) is 30.5 Å². The summed E-state index contributed by atoms with van der Waals surface area (Å²) in [7, 11) is 0. The number of hydrogen-bond acceptors (Lipinski definition) is 5. The van der Waals surface area contributed by atoms with Crippen molar-refractivity contribution in [2.24, 2.45) is 4.99 Å². The predicted molar refractivity (Wildman–Crippen MR) is 144 cm³/mol. The summed E-state index contributed by atoms with van der Waals surface area (Å²) >= 11 is 1.40. The van der Waals surface area contributed by atoms with E-state index in [4.69, 9.17) is 14.5 Å². The van der Waals surface area contributed by atoms with Gasteiger partial charge in [0.2, 0.25) is 0 Å². The summed E-state index contributed by atoms with van der Waals surface area (Å²) < 4.78 is 11.4. The molecule has 0 spiro atoms. The summed E-state index contributed by atoms with van der Waals surface area (Å²) in [5, 5.41) is 0.692. The van der Waals surface area contributed by atoms with Gasteiger partial charge in [-0.15, -0.1) is 0 Å². The van der Waals surface area contributed by atoms with E-state index in [9.17, 15) is 4.79 Å². The minimum atomic E-state index is -0.0383. The van der Waals surface area contributed by atoms with Gasteiger partial charge in [0.05, 0.1) is 23.8 Å². The normalized spacial score (nSPS) is 15.7. The van der Waals surface area contributed by atoms with Gasteiger partial charge in [-0.1, -0.05) is 54.1 Å². The average molecular weight is 487 g/mol. The molecule has 0 atom stereocenters. The van der Waals surface area contributed by atoms with E-state index < -0.39 is 0 Å². The van der Waals surface area contributed by atoms with Gasteiger partial charge >= 0.3 is 0 Å². The molecule has 3 aromatic rings. The largest absolute Gasteiger partial charge is 0.490 e. The molecule has 0 saturated carbocycles. The molecule has 0 radical (unpaired) electrons. The van der Waals surface area contributed by atoms with Crippen molar-refractivity contribution in [3.8, 4) is 11.5 Å². The zero-order valence-electron chi connectivity index (χ0n) is 20.4. The first-order valence-electron chi connectivity index (χ1n) is 11.9. The van der Waals surface area contributed by atoms with Gasteiger partial charge in [-0.05, 0) is 80.4 Å². The van der Waals surface area contributed by atoms with Crippen molar-refractivity contribution in [3.63, 3.8) is 0 Å². The van der Waals surface area contributed by atoms with Crippen molar-refractivity contribution in [2.75, 3.05) is 19.8 Å². The molecule has 0 N–H and O–H groups in total. The number of hydrogen-bond donors (Lipinski definition) is 0. The fraction of sp³-hybridized carbons (Fsp3) is 0.241. The van der Waals surface area contributed by atoms with Gasteiger partial charge in [-0.3, -0.25) is 9.69 Å². The Hall–Kier alpha value is -3.51. The molecule has 1 aliphatic heterocycles. The molecular formula is C29H30N2O3S. The van der Waals surface area contributed by atoms with Gasteiger partial charge in [0, 0.05) is 6.54 Å². The standard InChI is InChI=1S/C29H30N2O3S/c1-4-33-25-16-13-23(19-26(25)34-5-2)20-27-28(32)31(18-17-22-9-7-6-8-10-22)29(35-27)30-24-14-11-21(3)12-15-24/h6-16,19-20H,4-5,17-18H2,1-3H3/b27-20+,30-29?. The van der Waals surface area contributed by atoms with E-state index in [-0.39, 0.29) is 5.91 Å². The summed E-state index contributed by atoms with van der Waals surface area (Å²) in [5.74, 6) is 1.34. The van der Waals surface area contributed by atoms with E-state index in [0.717, 1.165) is 17.7 Å². The van der Waals surface area contributed by atoms with E-state index in [1.807, 2.05) is 87.5 Å². The van der Waals surface area contributed by atoms with Crippen LogP contribution < -0.4 is 9.47 Å². The number of nitrogens with zero attached hydrogens (tertiary/aromatic N) is 2. The lowest BCUT2D eigenvalue weighted by Gasteiger charge is -2.15. The molecule has 6 heteroatoms. The molecule has 1 aliphatic rings. The molecule has 0 aliphatic carbocycles. The van der Waals surface area contributed by atoms with Crippen LogP contribution >= 0.6 is 11.8 Å². The van der Waals surface area contributed by atoms with Gasteiger partial charge in [-0.25, -0.2) is 4.99 Å². The highest BCUT2D eigenvalue weighted by molar-refractivity contribution is 8.18. The van der Waals surface area contributed by atoms with Crippen LogP contribution in [0, 0.1) is 6.92 Å². The van der Waals surface area contributed by atoms with Crippen LogP contribution in [0.25, 0.3) is 6.08 Å². The minimum Gasteiger partial charge on any atom is -0.490 e. The maximum absolute atomic E-state index is 13.5. The van der Waals surface area contributed by atoms with Gasteiger partial charge in [0.1, 0.15) is 0 Å². The quantitative estimate of drug-likeness (QED) is 0.318. The topological polar surface area (TPSA) is 51.1 Å². The number of amides is 1. The molecule has 5 nitrogen and oxygen atoms in total. The van der Waals surface area contributed by atoms with E-state index in [1.165, 1.54) is 22.9 Å². The van der Waals surface area contributed by atoms with Crippen molar-refractivity contribution in [1.82, 2.24) is 4.90 Å². The Kier molecular flexibility index (Phi) is 8.27. The monoisotopic (exact) mass is 486 g/mol. The Morgan fingerprint density at radius 2 is 1.63 bits per heavy atom. The van der Waals surface area contributed by atoms with Gasteiger partial charge in [0.25, 0.3) is 5.91 Å². The lowest BCUT2D eigenvalue weighted by Crippen LogP contribution is -2.31. The number of amidine groups is 1. The first-order valence-corrected chi connectivity index (χ1v) is 12.7. The second-order valence-corrected chi connectivity index (χ2v) is 9.11. The lowest BCUT2D eigenvalue weighted by molar-refractivity contribution is -0.122. The predicted octanol–water partition coefficient (Wildman–Crippen LogP) is 6.64. The van der Waals surface area contributed by atoms with E-state index >= 15 is 0 Å². The second kappa shape index (κ2) is 11.8. The Morgan fingerprint density at radius 1 is 0.914 bits per heavy atom. The minimum absolute atomic E-state index is 0.0383. The molecule has 4 rings (SSSR count). The number of rotatable bonds is 9. The Balaban J connectivity index is 1.64. The number of aryl methyl sites for hydroxylation is 1. The van der Waals surface area contributed by atoms with Gasteiger partial charge in [0.15, 0.2) is 16.7 Å². The maximum Gasteiger partial charge on any atom is 0.266 e. The zero-order chi connectivity index (χ0) is 24.6. The van der Waals surface area contributed by atoms with E-state index in [2.05, 4.69) is 12.1 Å². The number of carbonyl (C=O) groups excluding carboxylic acids is 1. The first kappa shape index (κ1) is 24.6. The van der Waals surface area contributed by atoms with Crippen LogP contribution in [0.15, 0.2) is 82.7 Å². The fourth-order valence-electron chi connectivity index (χ4n) is 3.71. The van der Waals surface area contributed by atoms with Crippen LogP contribution in [-0.2, 0) is 11.2 Å². The van der Waals surface area contributed by atoms with Crippen molar-refractivity contribution in [2.45, 2.75) is 27.2 Å². The highest BCUT2D eigenvalue weighted by atomic mass is 32.2. The van der Waals surface area contributed by atoms with Crippen LogP contribution in [0.2, 0.25) is 0 Å². The number of carbonyl (C=O) groups is 1. The van der Waals surface area contributed by atoms with Crippen LogP contribution in [0.5, 0.6) is 11.5 Å². The summed E-state index contributed by atoms with van der Waals surface area (Å²) in [5.41, 5.74) is 4.07. The Bertz CT molecular complexity index is 1220. The molecule has 1 heterocycles. The molecule has 0 unspecified atom stereocenters. The van der Waals surface area contributed by atoms with Crippen molar-refractivity contribution < 1.29 is 14.3 Å². The molecular weight excluding hydrogens is 456 g/mol.